The van der Waals surface area contributed by atoms with E-state index >= 15 is 0 Å². The summed E-state index contributed by atoms with van der Waals surface area (Å²) in [6, 6.07) is 0. The lowest BCUT2D eigenvalue weighted by atomic mass is 10.6. The van der Waals surface area contributed by atoms with Crippen LogP contribution in [0, 0.1) is 0 Å². The maximum atomic E-state index is 12.4. The van der Waals surface area contributed by atoms with Crippen LogP contribution in [0.25, 0.3) is 0 Å². The van der Waals surface area contributed by atoms with Crippen molar-refractivity contribution in [3.63, 3.8) is 0 Å². The average molecular weight is 375 g/mol. The van der Waals surface area contributed by atoms with Crippen LogP contribution >= 0.6 is 27.5 Å². The summed E-state index contributed by atoms with van der Waals surface area (Å²) in [5.41, 5.74) is 0. The number of ether oxygens (including phenoxy) is 1. The molecule has 1 heterocycles. The summed E-state index contributed by atoms with van der Waals surface area (Å²) in [5, 5.41) is 4.71. The zero-order valence-electron chi connectivity index (χ0n) is 10.8. The van der Waals surface area contributed by atoms with Crippen molar-refractivity contribution in [3.8, 4) is 0 Å². The van der Waals surface area contributed by atoms with E-state index in [1.165, 1.54) is 15.2 Å². The van der Waals surface area contributed by atoms with Gasteiger partial charge in [-0.05, 0) is 0 Å². The van der Waals surface area contributed by atoms with Gasteiger partial charge in [-0.15, -0.1) is 0 Å². The molecule has 9 heteroatoms. The number of likely N-dealkylation sites (N-methyl/N-ethyl adjacent to an activating group) is 1. The van der Waals surface area contributed by atoms with Gasteiger partial charge in [0.15, 0.2) is 5.03 Å². The van der Waals surface area contributed by atoms with Crippen LogP contribution in [-0.4, -0.2) is 54.1 Å². The molecule has 0 saturated carbocycles. The lowest BCUT2D eigenvalue weighted by Gasteiger charge is -2.20. The summed E-state index contributed by atoms with van der Waals surface area (Å²) in [6.45, 7) is 3.29. The van der Waals surface area contributed by atoms with Crippen LogP contribution in [0.1, 0.15) is 6.92 Å². The van der Waals surface area contributed by atoms with Crippen LogP contribution in [0.4, 0.5) is 0 Å². The van der Waals surface area contributed by atoms with Crippen molar-refractivity contribution in [1.29, 1.82) is 0 Å². The Morgan fingerprint density at radius 2 is 2.21 bits per heavy atom. The van der Waals surface area contributed by atoms with Crippen LogP contribution < -0.4 is 0 Å². The number of hydrogen-bond donors (Lipinski definition) is 0. The van der Waals surface area contributed by atoms with Gasteiger partial charge in [0.1, 0.15) is 0 Å². The molecule has 0 aliphatic rings. The van der Waals surface area contributed by atoms with E-state index in [0.717, 1.165) is 5.33 Å². The van der Waals surface area contributed by atoms with Crippen LogP contribution in [0.5, 0.6) is 0 Å². The first-order valence-corrected chi connectivity index (χ1v) is 8.70. The highest BCUT2D eigenvalue weighted by atomic mass is 79.9. The number of hydrogen-bond acceptors (Lipinski definition) is 4. The summed E-state index contributed by atoms with van der Waals surface area (Å²) in [5.74, 6) is 0. The largest absolute Gasteiger partial charge is 0.379 e. The first-order valence-electron chi connectivity index (χ1n) is 5.76. The van der Waals surface area contributed by atoms with Crippen LogP contribution in [-0.2, 0) is 21.8 Å². The summed E-state index contributed by atoms with van der Waals surface area (Å²) in [4.78, 5) is 0. The highest BCUT2D eigenvalue weighted by Crippen LogP contribution is 2.23. The molecule has 0 saturated heterocycles. The number of sulfonamides is 1. The smallest absolute Gasteiger partial charge is 0.261 e. The predicted octanol–water partition coefficient (Wildman–Crippen LogP) is 1.50. The van der Waals surface area contributed by atoms with E-state index in [0.29, 0.717) is 19.8 Å². The van der Waals surface area contributed by atoms with Gasteiger partial charge in [0.2, 0.25) is 0 Å². The van der Waals surface area contributed by atoms with Crippen molar-refractivity contribution in [2.45, 2.75) is 11.9 Å². The van der Waals surface area contributed by atoms with Gasteiger partial charge in [-0.2, -0.15) is 9.40 Å². The Morgan fingerprint density at radius 1 is 1.53 bits per heavy atom. The normalized spacial score (nSPS) is 12.3. The van der Waals surface area contributed by atoms with E-state index in [9.17, 15) is 8.42 Å². The minimum atomic E-state index is -3.65. The van der Waals surface area contributed by atoms with Gasteiger partial charge in [0.05, 0.1) is 24.4 Å². The molecule has 6 nitrogen and oxygen atoms in total. The lowest BCUT2D eigenvalue weighted by molar-refractivity contribution is 0.138. The molecule has 110 valence electrons. The van der Waals surface area contributed by atoms with Crippen LogP contribution in [0.15, 0.2) is 11.2 Å². The number of alkyl halides is 1. The van der Waals surface area contributed by atoms with Crippen molar-refractivity contribution in [2.24, 2.45) is 7.05 Å². The summed E-state index contributed by atoms with van der Waals surface area (Å²) in [6.07, 6.45) is 1.32. The second kappa shape index (κ2) is 7.58. The number of aromatic nitrogens is 2. The van der Waals surface area contributed by atoms with E-state index in [1.54, 1.807) is 14.0 Å². The Bertz CT molecular complexity index is 487. The Morgan fingerprint density at radius 3 is 2.68 bits per heavy atom. The zero-order valence-corrected chi connectivity index (χ0v) is 14.0. The molecule has 0 aromatic carbocycles. The first kappa shape index (κ1) is 16.9. The molecule has 0 fully saturated rings. The fourth-order valence-corrected chi connectivity index (χ4v) is 3.85. The molecule has 0 unspecified atom stereocenters. The molecule has 0 atom stereocenters. The Balaban J connectivity index is 2.85. The molecule has 0 bridgehead atoms. The molecule has 0 amide bonds. The van der Waals surface area contributed by atoms with E-state index in [1.807, 2.05) is 0 Å². The maximum absolute atomic E-state index is 12.4. The zero-order chi connectivity index (χ0) is 14.5. The average Bonchev–Trinajstić information content (AvgIpc) is 2.69. The molecule has 0 aliphatic heterocycles. The van der Waals surface area contributed by atoms with Crippen molar-refractivity contribution >= 4 is 37.6 Å². The van der Waals surface area contributed by atoms with Gasteiger partial charge >= 0.3 is 0 Å². The molecular formula is C10H17BrClN3O3S. The van der Waals surface area contributed by atoms with Crippen molar-refractivity contribution in [2.75, 3.05) is 31.6 Å². The predicted molar refractivity (Wildman–Crippen MR) is 77.3 cm³/mol. The molecular weight excluding hydrogens is 358 g/mol. The third-order valence-electron chi connectivity index (χ3n) is 2.49. The molecule has 0 aliphatic carbocycles. The standard InChI is InChI=1S/C10H17BrClN3O3S/c1-3-15(5-7-18-6-4-11)19(16,17)10-9(12)8-13-14(10)2/h8H,3-7H2,1-2H3. The van der Waals surface area contributed by atoms with Crippen molar-refractivity contribution in [1.82, 2.24) is 14.1 Å². The summed E-state index contributed by atoms with van der Waals surface area (Å²) in [7, 11) is -2.10. The number of rotatable bonds is 8. The van der Waals surface area contributed by atoms with Gasteiger partial charge in [-0.25, -0.2) is 8.42 Å². The Hall–Kier alpha value is -0.150. The van der Waals surface area contributed by atoms with Crippen molar-refractivity contribution < 1.29 is 13.2 Å². The molecule has 0 radical (unpaired) electrons. The van der Waals surface area contributed by atoms with Gasteiger partial charge < -0.3 is 4.74 Å². The first-order chi connectivity index (χ1) is 8.95. The topological polar surface area (TPSA) is 64.4 Å². The van der Waals surface area contributed by atoms with E-state index in [2.05, 4.69) is 21.0 Å². The summed E-state index contributed by atoms with van der Waals surface area (Å²) >= 11 is 9.13. The number of nitrogens with zero attached hydrogens (tertiary/aromatic N) is 3. The highest BCUT2D eigenvalue weighted by molar-refractivity contribution is 9.09. The van der Waals surface area contributed by atoms with E-state index in [4.69, 9.17) is 16.3 Å². The van der Waals surface area contributed by atoms with E-state index < -0.39 is 10.0 Å². The SMILES string of the molecule is CCN(CCOCCBr)S(=O)(=O)c1c(Cl)cnn1C. The molecule has 0 N–H and O–H groups in total. The number of halogens is 2. The van der Waals surface area contributed by atoms with Crippen molar-refractivity contribution in [3.05, 3.63) is 11.2 Å². The minimum Gasteiger partial charge on any atom is -0.379 e. The molecule has 1 aromatic rings. The molecule has 1 aromatic heterocycles. The second-order valence-electron chi connectivity index (χ2n) is 3.72. The quantitative estimate of drug-likeness (QED) is 0.511. The van der Waals surface area contributed by atoms with Gasteiger partial charge in [-0.1, -0.05) is 34.5 Å². The Labute approximate surface area is 126 Å². The maximum Gasteiger partial charge on any atom is 0.261 e. The van der Waals surface area contributed by atoms with Gasteiger partial charge in [0.25, 0.3) is 10.0 Å². The lowest BCUT2D eigenvalue weighted by Crippen LogP contribution is -2.35. The van der Waals surface area contributed by atoms with Gasteiger partial charge in [-0.3, -0.25) is 4.68 Å². The fraction of sp³-hybridized carbons (Fsp3) is 0.700. The highest BCUT2D eigenvalue weighted by Gasteiger charge is 2.28. The third kappa shape index (κ3) is 4.16. The number of aryl methyl sites for hydroxylation is 1. The summed E-state index contributed by atoms with van der Waals surface area (Å²) < 4.78 is 32.8. The Kier molecular flexibility index (Phi) is 6.75. The molecule has 19 heavy (non-hydrogen) atoms. The fourth-order valence-electron chi connectivity index (χ4n) is 1.58. The van der Waals surface area contributed by atoms with Gasteiger partial charge in [0, 0.05) is 25.5 Å². The third-order valence-corrected chi connectivity index (χ3v) is 5.29. The minimum absolute atomic E-state index is 0.0107. The second-order valence-corrected chi connectivity index (χ2v) is 6.77. The monoisotopic (exact) mass is 373 g/mol. The van der Waals surface area contributed by atoms with E-state index in [-0.39, 0.29) is 16.6 Å². The van der Waals surface area contributed by atoms with Crippen LogP contribution in [0.2, 0.25) is 5.02 Å². The molecule has 0 spiro atoms. The molecule has 1 rings (SSSR count). The van der Waals surface area contributed by atoms with Crippen LogP contribution in [0.3, 0.4) is 0 Å².